The van der Waals surface area contributed by atoms with Gasteiger partial charge in [0.15, 0.2) is 0 Å². The van der Waals surface area contributed by atoms with E-state index in [2.05, 4.69) is 10.0 Å². The molecule has 0 aromatic heterocycles. The Morgan fingerprint density at radius 1 is 1.37 bits per heavy atom. The van der Waals surface area contributed by atoms with E-state index in [1.54, 1.807) is 13.1 Å². The standard InChI is InChI=1S/C12H16Cl2N2O2S/c1-7-3-10(7)16-19(17,18)11-5-9(13)4-8(6-15-2)12(11)14/h4-5,7,10,15-16H,3,6H2,1-2H3. The van der Waals surface area contributed by atoms with E-state index in [4.69, 9.17) is 23.2 Å². The van der Waals surface area contributed by atoms with Gasteiger partial charge in [-0.25, -0.2) is 13.1 Å². The molecule has 2 N–H and O–H groups in total. The zero-order valence-electron chi connectivity index (χ0n) is 10.7. The summed E-state index contributed by atoms with van der Waals surface area (Å²) < 4.78 is 27.2. The molecule has 0 amide bonds. The van der Waals surface area contributed by atoms with Gasteiger partial charge in [-0.2, -0.15) is 0 Å². The number of hydrogen-bond donors (Lipinski definition) is 2. The lowest BCUT2D eigenvalue weighted by atomic mass is 10.2. The Balaban J connectivity index is 2.37. The van der Waals surface area contributed by atoms with Gasteiger partial charge < -0.3 is 5.32 Å². The van der Waals surface area contributed by atoms with E-state index in [9.17, 15) is 8.42 Å². The SMILES string of the molecule is CNCc1cc(Cl)cc(S(=O)(=O)NC2CC2C)c1Cl. The normalized spacial score (nSPS) is 22.5. The molecule has 1 saturated carbocycles. The summed E-state index contributed by atoms with van der Waals surface area (Å²) in [6.45, 7) is 2.46. The summed E-state index contributed by atoms with van der Waals surface area (Å²) in [5.74, 6) is 0.379. The molecule has 1 aliphatic carbocycles. The predicted octanol–water partition coefficient (Wildman–Crippen LogP) is 2.40. The van der Waals surface area contributed by atoms with Crippen LogP contribution in [0.3, 0.4) is 0 Å². The van der Waals surface area contributed by atoms with Crippen LogP contribution in [-0.4, -0.2) is 21.5 Å². The van der Waals surface area contributed by atoms with Crippen LogP contribution in [0.4, 0.5) is 0 Å². The number of benzene rings is 1. The van der Waals surface area contributed by atoms with Gasteiger partial charge >= 0.3 is 0 Å². The van der Waals surface area contributed by atoms with Gasteiger partial charge in [-0.15, -0.1) is 0 Å². The van der Waals surface area contributed by atoms with E-state index in [-0.39, 0.29) is 16.0 Å². The van der Waals surface area contributed by atoms with E-state index < -0.39 is 10.0 Å². The largest absolute Gasteiger partial charge is 0.316 e. The highest BCUT2D eigenvalue weighted by Gasteiger charge is 2.37. The summed E-state index contributed by atoms with van der Waals surface area (Å²) in [5, 5.41) is 3.51. The molecule has 0 saturated heterocycles. The molecular formula is C12H16Cl2N2O2S. The smallest absolute Gasteiger partial charge is 0.242 e. The van der Waals surface area contributed by atoms with Crippen LogP contribution in [0.5, 0.6) is 0 Å². The zero-order chi connectivity index (χ0) is 14.2. The lowest BCUT2D eigenvalue weighted by Gasteiger charge is -2.12. The summed E-state index contributed by atoms with van der Waals surface area (Å²) in [5.41, 5.74) is 0.667. The predicted molar refractivity (Wildman–Crippen MR) is 77.1 cm³/mol. The quantitative estimate of drug-likeness (QED) is 0.875. The molecule has 0 radical (unpaired) electrons. The van der Waals surface area contributed by atoms with Gasteiger partial charge in [0.05, 0.1) is 5.02 Å². The first kappa shape index (κ1) is 15.1. The summed E-state index contributed by atoms with van der Waals surface area (Å²) in [6.07, 6.45) is 0.862. The van der Waals surface area contributed by atoms with Crippen LogP contribution in [0.15, 0.2) is 17.0 Å². The van der Waals surface area contributed by atoms with Gasteiger partial charge in [0, 0.05) is 17.6 Å². The Morgan fingerprint density at radius 3 is 2.53 bits per heavy atom. The summed E-state index contributed by atoms with van der Waals surface area (Å²) in [4.78, 5) is 0.0472. The van der Waals surface area contributed by atoms with Crippen molar-refractivity contribution in [2.45, 2.75) is 30.8 Å². The molecule has 1 fully saturated rings. The van der Waals surface area contributed by atoms with Crippen LogP contribution in [0.2, 0.25) is 10.0 Å². The topological polar surface area (TPSA) is 58.2 Å². The maximum Gasteiger partial charge on any atom is 0.242 e. The van der Waals surface area contributed by atoms with Crippen molar-refractivity contribution in [1.82, 2.24) is 10.0 Å². The first-order chi connectivity index (χ1) is 8.85. The molecule has 106 valence electrons. The van der Waals surface area contributed by atoms with Crippen molar-refractivity contribution in [3.05, 3.63) is 27.7 Å². The van der Waals surface area contributed by atoms with Crippen LogP contribution in [0.25, 0.3) is 0 Å². The molecular weight excluding hydrogens is 307 g/mol. The molecule has 4 nitrogen and oxygen atoms in total. The number of sulfonamides is 1. The molecule has 2 rings (SSSR count). The Bertz CT molecular complexity index is 590. The van der Waals surface area contributed by atoms with E-state index in [0.29, 0.717) is 23.0 Å². The fourth-order valence-corrected chi connectivity index (χ4v) is 4.17. The third kappa shape index (κ3) is 3.41. The maximum atomic E-state index is 12.3. The number of rotatable bonds is 5. The monoisotopic (exact) mass is 322 g/mol. The molecule has 19 heavy (non-hydrogen) atoms. The highest BCUT2D eigenvalue weighted by Crippen LogP contribution is 2.34. The Morgan fingerprint density at radius 2 is 2.00 bits per heavy atom. The number of nitrogens with one attached hydrogen (secondary N) is 2. The minimum Gasteiger partial charge on any atom is -0.316 e. The second-order valence-corrected chi connectivity index (χ2v) is 7.34. The van der Waals surface area contributed by atoms with E-state index in [1.165, 1.54) is 6.07 Å². The fraction of sp³-hybridized carbons (Fsp3) is 0.500. The van der Waals surface area contributed by atoms with Crippen molar-refractivity contribution in [3.63, 3.8) is 0 Å². The molecule has 1 aliphatic rings. The molecule has 7 heteroatoms. The first-order valence-electron chi connectivity index (χ1n) is 6.00. The van der Waals surface area contributed by atoms with Crippen LogP contribution in [0, 0.1) is 5.92 Å². The van der Waals surface area contributed by atoms with Crippen LogP contribution in [-0.2, 0) is 16.6 Å². The number of hydrogen-bond acceptors (Lipinski definition) is 3. The lowest BCUT2D eigenvalue weighted by Crippen LogP contribution is -2.27. The van der Waals surface area contributed by atoms with Crippen LogP contribution in [0.1, 0.15) is 18.9 Å². The highest BCUT2D eigenvalue weighted by atomic mass is 35.5. The van der Waals surface area contributed by atoms with E-state index >= 15 is 0 Å². The van der Waals surface area contributed by atoms with Crippen molar-refractivity contribution in [2.75, 3.05) is 7.05 Å². The summed E-state index contributed by atoms with van der Waals surface area (Å²) >= 11 is 12.1. The van der Waals surface area contributed by atoms with Crippen molar-refractivity contribution >= 4 is 33.2 Å². The van der Waals surface area contributed by atoms with Gasteiger partial charge in [0.2, 0.25) is 10.0 Å². The lowest BCUT2D eigenvalue weighted by molar-refractivity contribution is 0.578. The van der Waals surface area contributed by atoms with Gasteiger partial charge in [0.25, 0.3) is 0 Å². The Kier molecular flexibility index (Phi) is 4.42. The van der Waals surface area contributed by atoms with Crippen LogP contribution >= 0.6 is 23.2 Å². The minimum atomic E-state index is -3.62. The zero-order valence-corrected chi connectivity index (χ0v) is 13.0. The summed E-state index contributed by atoms with van der Waals surface area (Å²) in [7, 11) is -1.86. The molecule has 0 spiro atoms. The second-order valence-electron chi connectivity index (χ2n) is 4.85. The maximum absolute atomic E-state index is 12.3. The van der Waals surface area contributed by atoms with E-state index in [1.807, 2.05) is 6.92 Å². The molecule has 2 atom stereocenters. The Labute approximate surface area is 123 Å². The number of halogens is 2. The van der Waals surface area contributed by atoms with E-state index in [0.717, 1.165) is 6.42 Å². The van der Waals surface area contributed by atoms with Crippen molar-refractivity contribution < 1.29 is 8.42 Å². The third-order valence-electron chi connectivity index (χ3n) is 3.15. The highest BCUT2D eigenvalue weighted by molar-refractivity contribution is 7.89. The molecule has 1 aromatic carbocycles. The molecule has 0 aliphatic heterocycles. The van der Waals surface area contributed by atoms with Crippen molar-refractivity contribution in [3.8, 4) is 0 Å². The third-order valence-corrected chi connectivity index (χ3v) is 5.44. The first-order valence-corrected chi connectivity index (χ1v) is 8.24. The van der Waals surface area contributed by atoms with Crippen molar-refractivity contribution in [2.24, 2.45) is 5.92 Å². The molecule has 0 heterocycles. The van der Waals surface area contributed by atoms with Gasteiger partial charge in [0.1, 0.15) is 4.90 Å². The average Bonchev–Trinajstić information content (AvgIpc) is 2.98. The fourth-order valence-electron chi connectivity index (χ4n) is 1.88. The van der Waals surface area contributed by atoms with Crippen molar-refractivity contribution in [1.29, 1.82) is 0 Å². The van der Waals surface area contributed by atoms with Crippen LogP contribution < -0.4 is 10.0 Å². The molecule has 1 aromatic rings. The van der Waals surface area contributed by atoms with Gasteiger partial charge in [-0.05, 0) is 37.1 Å². The Hall–Kier alpha value is -0.330. The molecule has 2 unspecified atom stereocenters. The minimum absolute atomic E-state index is 0.00722. The second kappa shape index (κ2) is 5.58. The molecule has 0 bridgehead atoms. The average molecular weight is 323 g/mol. The summed E-state index contributed by atoms with van der Waals surface area (Å²) in [6, 6.07) is 3.06. The van der Waals surface area contributed by atoms with Gasteiger partial charge in [-0.1, -0.05) is 30.1 Å². The van der Waals surface area contributed by atoms with Gasteiger partial charge in [-0.3, -0.25) is 0 Å².